The Morgan fingerprint density at radius 1 is 1.04 bits per heavy atom. The first-order chi connectivity index (χ1) is 13.7. The topological polar surface area (TPSA) is 81.2 Å². The molecule has 142 valence electrons. The lowest BCUT2D eigenvalue weighted by molar-refractivity contribution is -0.121. The van der Waals surface area contributed by atoms with Crippen molar-refractivity contribution in [2.24, 2.45) is 0 Å². The minimum absolute atomic E-state index is 0.111. The van der Waals surface area contributed by atoms with Gasteiger partial charge in [-0.3, -0.25) is 4.79 Å². The van der Waals surface area contributed by atoms with Crippen LogP contribution in [0.15, 0.2) is 62.1 Å². The van der Waals surface area contributed by atoms with Gasteiger partial charge in [0, 0.05) is 34.4 Å². The zero-order valence-corrected chi connectivity index (χ0v) is 16.3. The highest BCUT2D eigenvalue weighted by Gasteiger charge is 2.11. The molecule has 0 aliphatic rings. The molecule has 1 N–H and O–H groups in total. The number of hydrogen-bond acceptors (Lipinski definition) is 6. The van der Waals surface area contributed by atoms with Crippen LogP contribution in [0, 0.1) is 0 Å². The normalized spacial score (nSPS) is 10.9. The first-order valence-corrected chi connectivity index (χ1v) is 9.96. The van der Waals surface area contributed by atoms with E-state index in [4.69, 9.17) is 20.4 Å². The van der Waals surface area contributed by atoms with Crippen LogP contribution in [0.5, 0.6) is 0 Å². The number of hydrogen-bond donors (Lipinski definition) is 1. The van der Waals surface area contributed by atoms with Gasteiger partial charge in [-0.2, -0.15) is 11.3 Å². The fraction of sp³-hybridized carbons (Fsp3) is 0.150. The quantitative estimate of drug-likeness (QED) is 0.463. The minimum atomic E-state index is -0.111. The molecule has 0 aliphatic heterocycles. The van der Waals surface area contributed by atoms with Crippen LogP contribution in [0.1, 0.15) is 18.1 Å². The van der Waals surface area contributed by atoms with Crippen molar-refractivity contribution in [1.29, 1.82) is 0 Å². The second-order valence-electron chi connectivity index (χ2n) is 6.06. The summed E-state index contributed by atoms with van der Waals surface area (Å²) < 4.78 is 11.3. The molecular formula is C20H16ClN3O3S. The van der Waals surface area contributed by atoms with Crippen molar-refractivity contribution >= 4 is 28.8 Å². The molecule has 8 heteroatoms. The summed E-state index contributed by atoms with van der Waals surface area (Å²) in [6, 6.07) is 13.0. The molecule has 6 nitrogen and oxygen atoms in total. The van der Waals surface area contributed by atoms with Gasteiger partial charge in [0.05, 0.1) is 6.54 Å². The molecule has 0 saturated carbocycles. The van der Waals surface area contributed by atoms with Crippen LogP contribution in [0.25, 0.3) is 22.8 Å². The van der Waals surface area contributed by atoms with Gasteiger partial charge < -0.3 is 14.2 Å². The lowest BCUT2D eigenvalue weighted by Gasteiger charge is -2.02. The van der Waals surface area contributed by atoms with Crippen molar-refractivity contribution in [3.8, 4) is 22.8 Å². The molecule has 4 rings (SSSR count). The van der Waals surface area contributed by atoms with E-state index in [1.165, 1.54) is 0 Å². The Labute approximate surface area is 170 Å². The third-order valence-electron chi connectivity index (χ3n) is 4.05. The average Bonchev–Trinajstić information content (AvgIpc) is 3.46. The SMILES string of the molecule is O=C(CCc1nnc(-c2ccsc2)o1)NCc1ccc(-c2ccc(Cl)cc2)o1. The number of carbonyl (C=O) groups excluding carboxylic acids is 1. The van der Waals surface area contributed by atoms with Crippen LogP contribution in [0.4, 0.5) is 0 Å². The summed E-state index contributed by atoms with van der Waals surface area (Å²) in [5.41, 5.74) is 1.82. The van der Waals surface area contributed by atoms with Gasteiger partial charge >= 0.3 is 0 Å². The van der Waals surface area contributed by atoms with E-state index in [9.17, 15) is 4.79 Å². The van der Waals surface area contributed by atoms with E-state index < -0.39 is 0 Å². The number of aromatic nitrogens is 2. The van der Waals surface area contributed by atoms with E-state index in [1.807, 2.05) is 53.2 Å². The number of benzene rings is 1. The Hall–Kier alpha value is -2.90. The Bertz CT molecular complexity index is 1050. The number of halogens is 1. The third kappa shape index (κ3) is 4.49. The van der Waals surface area contributed by atoms with E-state index in [1.54, 1.807) is 11.3 Å². The highest BCUT2D eigenvalue weighted by Crippen LogP contribution is 2.24. The van der Waals surface area contributed by atoms with Gasteiger partial charge in [-0.1, -0.05) is 11.6 Å². The molecule has 0 radical (unpaired) electrons. The fourth-order valence-corrected chi connectivity index (χ4v) is 3.35. The van der Waals surface area contributed by atoms with Crippen molar-refractivity contribution in [1.82, 2.24) is 15.5 Å². The number of rotatable bonds is 7. The van der Waals surface area contributed by atoms with Crippen LogP contribution in [0.2, 0.25) is 5.02 Å². The maximum absolute atomic E-state index is 12.1. The summed E-state index contributed by atoms with van der Waals surface area (Å²) in [6.07, 6.45) is 0.646. The number of amides is 1. The van der Waals surface area contributed by atoms with E-state index in [0.29, 0.717) is 35.5 Å². The standard InChI is InChI=1S/C20H16ClN3O3S/c21-15-3-1-13(2-4-15)17-6-5-16(26-17)11-22-18(25)7-8-19-23-24-20(27-19)14-9-10-28-12-14/h1-6,9-10,12H,7-8,11H2,(H,22,25). The molecule has 0 spiro atoms. The summed E-state index contributed by atoms with van der Waals surface area (Å²) >= 11 is 7.46. The Morgan fingerprint density at radius 2 is 1.89 bits per heavy atom. The van der Waals surface area contributed by atoms with Crippen molar-refractivity contribution in [3.63, 3.8) is 0 Å². The molecule has 0 unspecified atom stereocenters. The van der Waals surface area contributed by atoms with Crippen molar-refractivity contribution in [3.05, 3.63) is 69.9 Å². The lowest BCUT2D eigenvalue weighted by atomic mass is 10.2. The first kappa shape index (κ1) is 18.5. The fourth-order valence-electron chi connectivity index (χ4n) is 2.59. The van der Waals surface area contributed by atoms with Crippen LogP contribution < -0.4 is 5.32 Å². The number of thiophene rings is 1. The maximum Gasteiger partial charge on any atom is 0.248 e. The molecule has 3 heterocycles. The highest BCUT2D eigenvalue weighted by molar-refractivity contribution is 7.08. The van der Waals surface area contributed by atoms with Crippen LogP contribution in [0.3, 0.4) is 0 Å². The van der Waals surface area contributed by atoms with Crippen LogP contribution in [-0.2, 0) is 17.8 Å². The van der Waals surface area contributed by atoms with Gasteiger partial charge in [-0.05, 0) is 47.8 Å². The Morgan fingerprint density at radius 3 is 2.68 bits per heavy atom. The van der Waals surface area contributed by atoms with Crippen LogP contribution in [-0.4, -0.2) is 16.1 Å². The average molecular weight is 414 g/mol. The molecule has 1 amide bonds. The third-order valence-corrected chi connectivity index (χ3v) is 4.99. The minimum Gasteiger partial charge on any atom is -0.459 e. The van der Waals surface area contributed by atoms with Crippen LogP contribution >= 0.6 is 22.9 Å². The molecule has 28 heavy (non-hydrogen) atoms. The highest BCUT2D eigenvalue weighted by atomic mass is 35.5. The van der Waals surface area contributed by atoms with Gasteiger partial charge in [-0.15, -0.1) is 10.2 Å². The zero-order valence-electron chi connectivity index (χ0n) is 14.7. The number of nitrogens with one attached hydrogen (secondary N) is 1. The van der Waals surface area contributed by atoms with Gasteiger partial charge in [0.1, 0.15) is 11.5 Å². The van der Waals surface area contributed by atoms with Gasteiger partial charge in [-0.25, -0.2) is 0 Å². The molecule has 0 fully saturated rings. The van der Waals surface area contributed by atoms with E-state index in [0.717, 1.165) is 16.9 Å². The van der Waals surface area contributed by atoms with Crippen molar-refractivity contribution < 1.29 is 13.6 Å². The van der Waals surface area contributed by atoms with Gasteiger partial charge in [0.15, 0.2) is 0 Å². The second-order valence-corrected chi connectivity index (χ2v) is 7.28. The first-order valence-electron chi connectivity index (χ1n) is 8.64. The summed E-state index contributed by atoms with van der Waals surface area (Å²) in [4.78, 5) is 12.1. The summed E-state index contributed by atoms with van der Waals surface area (Å²) in [5, 5.41) is 15.4. The predicted molar refractivity (Wildman–Crippen MR) is 107 cm³/mol. The number of furan rings is 1. The summed E-state index contributed by atoms with van der Waals surface area (Å²) in [7, 11) is 0. The lowest BCUT2D eigenvalue weighted by Crippen LogP contribution is -2.22. The van der Waals surface area contributed by atoms with Gasteiger partial charge in [0.2, 0.25) is 17.7 Å². The van der Waals surface area contributed by atoms with E-state index in [-0.39, 0.29) is 12.3 Å². The number of carbonyl (C=O) groups is 1. The molecular weight excluding hydrogens is 398 g/mol. The Kier molecular flexibility index (Phi) is 5.55. The number of aryl methyl sites for hydroxylation is 1. The maximum atomic E-state index is 12.1. The van der Waals surface area contributed by atoms with Crippen molar-refractivity contribution in [2.45, 2.75) is 19.4 Å². The molecule has 0 aliphatic carbocycles. The molecule has 1 aromatic carbocycles. The predicted octanol–water partition coefficient (Wildman–Crippen LogP) is 4.96. The van der Waals surface area contributed by atoms with E-state index >= 15 is 0 Å². The molecule has 0 atom stereocenters. The monoisotopic (exact) mass is 413 g/mol. The van der Waals surface area contributed by atoms with E-state index in [2.05, 4.69) is 15.5 Å². The largest absolute Gasteiger partial charge is 0.459 e. The second kappa shape index (κ2) is 8.41. The smallest absolute Gasteiger partial charge is 0.248 e. The molecule has 4 aromatic rings. The molecule has 3 aromatic heterocycles. The van der Waals surface area contributed by atoms with Crippen molar-refractivity contribution in [2.75, 3.05) is 0 Å². The number of nitrogens with zero attached hydrogens (tertiary/aromatic N) is 2. The molecule has 0 bridgehead atoms. The summed E-state index contributed by atoms with van der Waals surface area (Å²) in [6.45, 7) is 0.316. The summed E-state index contributed by atoms with van der Waals surface area (Å²) in [5.74, 6) is 2.21. The zero-order chi connectivity index (χ0) is 19.3. The molecule has 0 saturated heterocycles. The van der Waals surface area contributed by atoms with Gasteiger partial charge in [0.25, 0.3) is 0 Å². The Balaban J connectivity index is 1.26.